The summed E-state index contributed by atoms with van der Waals surface area (Å²) in [6.07, 6.45) is -1.94. The van der Waals surface area contributed by atoms with Crippen LogP contribution in [0.25, 0.3) is 0 Å². The number of methoxy groups -OCH3 is 1. The third-order valence-electron chi connectivity index (χ3n) is 3.08. The highest BCUT2D eigenvalue weighted by atomic mass is 79.9. The Balaban J connectivity index is 2.11. The summed E-state index contributed by atoms with van der Waals surface area (Å²) < 4.78 is 22.4. The van der Waals surface area contributed by atoms with Gasteiger partial charge in [0.15, 0.2) is 12.1 Å². The molecule has 19 heavy (non-hydrogen) atoms. The summed E-state index contributed by atoms with van der Waals surface area (Å²) in [4.78, 5) is 8.83. The Morgan fingerprint density at radius 2 is 2.00 bits per heavy atom. The molecule has 2 heterocycles. The van der Waals surface area contributed by atoms with Crippen molar-refractivity contribution >= 4 is 31.9 Å². The van der Waals surface area contributed by atoms with Crippen molar-refractivity contribution in [3.8, 4) is 0 Å². The molecule has 0 N–H and O–H groups in total. The van der Waals surface area contributed by atoms with Gasteiger partial charge in [-0.15, -0.1) is 0 Å². The van der Waals surface area contributed by atoms with E-state index in [1.807, 2.05) is 0 Å². The van der Waals surface area contributed by atoms with Gasteiger partial charge in [0, 0.05) is 12.0 Å². The van der Waals surface area contributed by atoms with Gasteiger partial charge in [-0.1, -0.05) is 15.9 Å². The van der Waals surface area contributed by atoms with E-state index < -0.39 is 45.1 Å². The Labute approximate surface area is 127 Å². The topological polar surface area (TPSA) is 80.1 Å². The summed E-state index contributed by atoms with van der Waals surface area (Å²) in [7, 11) is 1.52. The van der Waals surface area contributed by atoms with Gasteiger partial charge in [0.1, 0.15) is 23.1 Å². The lowest BCUT2D eigenvalue weighted by Crippen LogP contribution is -2.44. The van der Waals surface area contributed by atoms with E-state index in [1.165, 1.54) is 7.11 Å². The molecule has 2 aliphatic heterocycles. The molecule has 9 heteroatoms. The second-order valence-electron chi connectivity index (χ2n) is 4.87. The van der Waals surface area contributed by atoms with Crippen molar-refractivity contribution in [2.24, 2.45) is 0 Å². The highest BCUT2D eigenvalue weighted by molar-refractivity contribution is 9.12. The number of alkyl halides is 2. The monoisotopic (exact) mass is 403 g/mol. The van der Waals surface area contributed by atoms with E-state index in [9.17, 15) is 10.1 Å². The first kappa shape index (κ1) is 15.6. The maximum absolute atomic E-state index is 10.8. The molecule has 0 bridgehead atoms. The van der Waals surface area contributed by atoms with E-state index in [4.69, 9.17) is 18.9 Å². The smallest absolute Gasteiger partial charge is 0.280 e. The zero-order valence-corrected chi connectivity index (χ0v) is 13.8. The predicted molar refractivity (Wildman–Crippen MR) is 71.9 cm³/mol. The van der Waals surface area contributed by atoms with Gasteiger partial charge in [-0.2, -0.15) is 0 Å². The molecule has 0 saturated carbocycles. The quantitative estimate of drug-likeness (QED) is 0.306. The number of halogens is 2. The lowest BCUT2D eigenvalue weighted by molar-refractivity contribution is -0.493. The summed E-state index contributed by atoms with van der Waals surface area (Å²) in [6.45, 7) is 3.57. The maximum atomic E-state index is 10.8. The number of hydrogen-bond donors (Lipinski definition) is 0. The normalized spacial score (nSPS) is 39.8. The van der Waals surface area contributed by atoms with E-state index in [0.29, 0.717) is 0 Å². The molecular weight excluding hydrogens is 390 g/mol. The zero-order valence-electron chi connectivity index (χ0n) is 10.6. The highest BCUT2D eigenvalue weighted by Gasteiger charge is 2.58. The minimum absolute atomic E-state index is 0.392. The van der Waals surface area contributed by atoms with Crippen LogP contribution >= 0.6 is 31.9 Å². The van der Waals surface area contributed by atoms with Crippen LogP contribution in [0.5, 0.6) is 0 Å². The van der Waals surface area contributed by atoms with Crippen LogP contribution < -0.4 is 0 Å². The molecule has 2 rings (SSSR count). The molecule has 0 aromatic heterocycles. The van der Waals surface area contributed by atoms with Crippen LogP contribution in [0, 0.1) is 10.1 Å². The lowest BCUT2D eigenvalue weighted by Gasteiger charge is -2.27. The fraction of sp³-hybridized carbons (Fsp3) is 1.00. The molecule has 110 valence electrons. The van der Waals surface area contributed by atoms with E-state index >= 15 is 0 Å². The number of rotatable bonds is 4. The number of nitro groups is 1. The molecule has 2 saturated heterocycles. The first-order valence-electron chi connectivity index (χ1n) is 5.72. The van der Waals surface area contributed by atoms with Gasteiger partial charge in [0.05, 0.1) is 0 Å². The third kappa shape index (κ3) is 2.96. The molecule has 0 aromatic rings. The largest absolute Gasteiger partial charge is 0.376 e. The fourth-order valence-corrected chi connectivity index (χ4v) is 3.22. The fourth-order valence-electron chi connectivity index (χ4n) is 2.30. The Kier molecular flexibility index (Phi) is 4.54. The van der Waals surface area contributed by atoms with Gasteiger partial charge in [0.2, 0.25) is 0 Å². The van der Waals surface area contributed by atoms with Crippen LogP contribution in [0.4, 0.5) is 0 Å². The third-order valence-corrected chi connectivity index (χ3v) is 5.71. The molecule has 0 aromatic carbocycles. The van der Waals surface area contributed by atoms with E-state index in [2.05, 4.69) is 31.9 Å². The van der Waals surface area contributed by atoms with Crippen molar-refractivity contribution < 1.29 is 23.9 Å². The molecule has 0 aliphatic carbocycles. The van der Waals surface area contributed by atoms with Gasteiger partial charge in [-0.25, -0.2) is 0 Å². The average Bonchev–Trinajstić information content (AvgIpc) is 2.78. The minimum Gasteiger partial charge on any atom is -0.376 e. The highest BCUT2D eigenvalue weighted by Crippen LogP contribution is 2.41. The predicted octanol–water partition coefficient (Wildman–Crippen LogP) is 1.64. The first-order chi connectivity index (χ1) is 8.76. The van der Waals surface area contributed by atoms with Crippen molar-refractivity contribution in [3.63, 3.8) is 0 Å². The van der Waals surface area contributed by atoms with Crippen LogP contribution in [-0.2, 0) is 18.9 Å². The first-order valence-corrected chi connectivity index (χ1v) is 7.55. The number of fused-ring (bicyclic) bond motifs is 1. The molecule has 0 spiro atoms. The zero-order chi connectivity index (χ0) is 14.4. The SMILES string of the molecule is CO[C@@H]1[C@H]2OC(C)(C)O[C@H]2O[C@@H]1C(Br)C(Br)[N+](=O)[O-]. The molecule has 0 amide bonds. The van der Waals surface area contributed by atoms with E-state index in [-0.39, 0.29) is 0 Å². The molecular formula is C10H15Br2NO6. The standard InChI is InChI=1S/C10H15Br2NO6/c1-10(2)18-7-6(16-3)5(17-9(7)19-10)4(11)8(12)13(14)15/h4-9H,1-3H3/t4?,5-,6+,7-,8?,9-/m1/s1. The maximum Gasteiger partial charge on any atom is 0.280 e. The Morgan fingerprint density at radius 1 is 1.37 bits per heavy atom. The van der Waals surface area contributed by atoms with Crippen molar-refractivity contribution in [1.82, 2.24) is 0 Å². The second-order valence-corrected chi connectivity index (χ2v) is 6.87. The van der Waals surface area contributed by atoms with Crippen molar-refractivity contribution in [3.05, 3.63) is 10.1 Å². The van der Waals surface area contributed by atoms with Crippen LogP contribution in [0.2, 0.25) is 0 Å². The summed E-state index contributed by atoms with van der Waals surface area (Å²) in [5, 5.41) is 10.8. The Morgan fingerprint density at radius 3 is 2.53 bits per heavy atom. The van der Waals surface area contributed by atoms with Crippen LogP contribution in [0.15, 0.2) is 0 Å². The average molecular weight is 405 g/mol. The lowest BCUT2D eigenvalue weighted by atomic mass is 10.1. The van der Waals surface area contributed by atoms with Gasteiger partial charge < -0.3 is 18.9 Å². The number of ether oxygens (including phenoxy) is 4. The molecule has 0 radical (unpaired) electrons. The molecule has 2 aliphatic rings. The van der Waals surface area contributed by atoms with Crippen molar-refractivity contribution in [2.75, 3.05) is 7.11 Å². The van der Waals surface area contributed by atoms with Crippen molar-refractivity contribution in [2.45, 2.75) is 54.0 Å². The van der Waals surface area contributed by atoms with E-state index in [1.54, 1.807) is 13.8 Å². The summed E-state index contributed by atoms with van der Waals surface area (Å²) in [5.74, 6) is -0.740. The molecule has 6 atom stereocenters. The Bertz CT molecular complexity index is 368. The van der Waals surface area contributed by atoms with Crippen molar-refractivity contribution in [1.29, 1.82) is 0 Å². The van der Waals surface area contributed by atoms with Crippen LogP contribution in [0.3, 0.4) is 0 Å². The van der Waals surface area contributed by atoms with Crippen LogP contribution in [0.1, 0.15) is 13.8 Å². The number of hydrogen-bond acceptors (Lipinski definition) is 6. The minimum atomic E-state index is -0.984. The number of nitrogens with zero attached hydrogens (tertiary/aromatic N) is 1. The summed E-state index contributed by atoms with van der Waals surface area (Å²) in [6, 6.07) is 0. The second kappa shape index (κ2) is 5.53. The van der Waals surface area contributed by atoms with E-state index in [0.717, 1.165) is 0 Å². The summed E-state index contributed by atoms with van der Waals surface area (Å²) in [5.41, 5.74) is 0. The molecule has 2 unspecified atom stereocenters. The summed E-state index contributed by atoms with van der Waals surface area (Å²) >= 11 is 6.30. The Hall–Kier alpha value is 0.200. The van der Waals surface area contributed by atoms with Gasteiger partial charge >= 0.3 is 0 Å². The van der Waals surface area contributed by atoms with Gasteiger partial charge in [-0.3, -0.25) is 10.1 Å². The van der Waals surface area contributed by atoms with Gasteiger partial charge in [0.25, 0.3) is 4.95 Å². The van der Waals surface area contributed by atoms with Gasteiger partial charge in [-0.05, 0) is 29.8 Å². The van der Waals surface area contributed by atoms with Crippen LogP contribution in [-0.4, -0.2) is 52.2 Å². The molecule has 7 nitrogen and oxygen atoms in total. The molecule has 2 fully saturated rings.